The molecule has 0 radical (unpaired) electrons. The SMILES string of the molecule is COC1(c2ccccc2)C=CC(C(OC(C)=O)c2ccccc2)=CC1. The monoisotopic (exact) mass is 334 g/mol. The van der Waals surface area contributed by atoms with Crippen LogP contribution in [0.1, 0.15) is 30.6 Å². The lowest BCUT2D eigenvalue weighted by atomic mass is 9.83. The summed E-state index contributed by atoms with van der Waals surface area (Å²) in [6.07, 6.45) is 6.43. The van der Waals surface area contributed by atoms with E-state index in [-0.39, 0.29) is 5.97 Å². The standard InChI is InChI=1S/C22H22O3/c1-17(23)25-21(18-9-5-3-6-10-18)19-13-15-22(24-2,16-14-19)20-11-7-4-8-12-20/h3-15,21H,16H2,1-2H3. The van der Waals surface area contributed by atoms with Crippen molar-refractivity contribution in [1.82, 2.24) is 0 Å². The number of methoxy groups -OCH3 is 1. The fourth-order valence-corrected chi connectivity index (χ4v) is 3.16. The average Bonchev–Trinajstić information content (AvgIpc) is 2.67. The summed E-state index contributed by atoms with van der Waals surface area (Å²) in [6.45, 7) is 1.44. The van der Waals surface area contributed by atoms with Crippen LogP contribution in [0.15, 0.2) is 84.5 Å². The second-order valence-corrected chi connectivity index (χ2v) is 6.10. The van der Waals surface area contributed by atoms with Gasteiger partial charge in [-0.3, -0.25) is 4.79 Å². The third-order valence-electron chi connectivity index (χ3n) is 4.50. The Kier molecular flexibility index (Phi) is 5.15. The van der Waals surface area contributed by atoms with Gasteiger partial charge in [0.1, 0.15) is 5.60 Å². The largest absolute Gasteiger partial charge is 0.453 e. The van der Waals surface area contributed by atoms with Gasteiger partial charge in [-0.05, 0) is 22.8 Å². The fourth-order valence-electron chi connectivity index (χ4n) is 3.16. The molecule has 0 fully saturated rings. The number of carbonyl (C=O) groups is 1. The Bertz CT molecular complexity index is 777. The Balaban J connectivity index is 1.90. The first kappa shape index (κ1) is 17.2. The molecule has 0 aromatic heterocycles. The van der Waals surface area contributed by atoms with Gasteiger partial charge in [-0.1, -0.05) is 72.8 Å². The van der Waals surface area contributed by atoms with Crippen LogP contribution >= 0.6 is 0 Å². The van der Waals surface area contributed by atoms with Gasteiger partial charge in [-0.25, -0.2) is 0 Å². The lowest BCUT2D eigenvalue weighted by Crippen LogP contribution is -2.27. The average molecular weight is 334 g/mol. The number of ether oxygens (including phenoxy) is 2. The summed E-state index contributed by atoms with van der Waals surface area (Å²) in [7, 11) is 1.72. The molecule has 2 aromatic rings. The molecule has 2 atom stereocenters. The highest BCUT2D eigenvalue weighted by Crippen LogP contribution is 2.38. The minimum absolute atomic E-state index is 0.296. The maximum absolute atomic E-state index is 11.6. The maximum Gasteiger partial charge on any atom is 0.303 e. The Labute approximate surface area is 148 Å². The molecular formula is C22H22O3. The summed E-state index contributed by atoms with van der Waals surface area (Å²) in [6, 6.07) is 19.9. The van der Waals surface area contributed by atoms with E-state index in [1.54, 1.807) is 7.11 Å². The van der Waals surface area contributed by atoms with Crippen molar-refractivity contribution in [2.45, 2.75) is 25.0 Å². The molecule has 0 aliphatic heterocycles. The van der Waals surface area contributed by atoms with E-state index in [0.717, 1.165) is 16.7 Å². The zero-order valence-corrected chi connectivity index (χ0v) is 14.5. The van der Waals surface area contributed by atoms with Gasteiger partial charge in [0.25, 0.3) is 0 Å². The van der Waals surface area contributed by atoms with Crippen molar-refractivity contribution in [2.24, 2.45) is 0 Å². The predicted molar refractivity (Wildman–Crippen MR) is 97.9 cm³/mol. The molecule has 0 bridgehead atoms. The number of esters is 1. The smallest absolute Gasteiger partial charge is 0.303 e. The molecule has 3 heteroatoms. The van der Waals surface area contributed by atoms with Crippen molar-refractivity contribution in [3.63, 3.8) is 0 Å². The van der Waals surface area contributed by atoms with Crippen LogP contribution in [0.2, 0.25) is 0 Å². The van der Waals surface area contributed by atoms with E-state index in [1.165, 1.54) is 6.92 Å². The number of benzene rings is 2. The highest BCUT2D eigenvalue weighted by Gasteiger charge is 2.32. The Morgan fingerprint density at radius 1 is 1.04 bits per heavy atom. The summed E-state index contributed by atoms with van der Waals surface area (Å²) in [4.78, 5) is 11.6. The molecule has 1 aliphatic rings. The molecule has 0 amide bonds. The van der Waals surface area contributed by atoms with Crippen LogP contribution in [-0.2, 0) is 19.9 Å². The van der Waals surface area contributed by atoms with E-state index in [2.05, 4.69) is 24.3 Å². The molecule has 1 aliphatic carbocycles. The van der Waals surface area contributed by atoms with Gasteiger partial charge in [0.2, 0.25) is 0 Å². The highest BCUT2D eigenvalue weighted by atomic mass is 16.5. The molecule has 3 nitrogen and oxygen atoms in total. The molecule has 0 heterocycles. The molecule has 0 spiro atoms. The maximum atomic E-state index is 11.6. The minimum atomic E-state index is -0.484. The van der Waals surface area contributed by atoms with Crippen LogP contribution in [0.25, 0.3) is 0 Å². The third-order valence-corrected chi connectivity index (χ3v) is 4.50. The van der Waals surface area contributed by atoms with Crippen LogP contribution in [0.5, 0.6) is 0 Å². The summed E-state index contributed by atoms with van der Waals surface area (Å²) in [5.74, 6) is -0.296. The van der Waals surface area contributed by atoms with Gasteiger partial charge in [0.15, 0.2) is 6.10 Å². The van der Waals surface area contributed by atoms with Gasteiger partial charge in [-0.2, -0.15) is 0 Å². The summed E-state index contributed by atoms with van der Waals surface area (Å²) < 4.78 is 11.4. The minimum Gasteiger partial charge on any atom is -0.453 e. The number of hydrogen-bond donors (Lipinski definition) is 0. The molecule has 0 saturated carbocycles. The molecule has 2 unspecified atom stereocenters. The Morgan fingerprint density at radius 3 is 2.20 bits per heavy atom. The van der Waals surface area contributed by atoms with Gasteiger partial charge in [-0.15, -0.1) is 0 Å². The predicted octanol–water partition coefficient (Wildman–Crippen LogP) is 4.72. The van der Waals surface area contributed by atoms with Gasteiger partial charge in [0.05, 0.1) is 0 Å². The summed E-state index contributed by atoms with van der Waals surface area (Å²) in [5.41, 5.74) is 2.54. The fraction of sp³-hybridized carbons (Fsp3) is 0.227. The first-order valence-corrected chi connectivity index (χ1v) is 8.37. The van der Waals surface area contributed by atoms with Gasteiger partial charge >= 0.3 is 5.97 Å². The molecule has 0 saturated heterocycles. The zero-order chi connectivity index (χ0) is 17.7. The van der Waals surface area contributed by atoms with E-state index in [0.29, 0.717) is 6.42 Å². The first-order valence-electron chi connectivity index (χ1n) is 8.37. The van der Waals surface area contributed by atoms with Crippen molar-refractivity contribution < 1.29 is 14.3 Å². The lowest BCUT2D eigenvalue weighted by Gasteiger charge is -2.33. The molecular weight excluding hydrogens is 312 g/mol. The zero-order valence-electron chi connectivity index (χ0n) is 14.5. The summed E-state index contributed by atoms with van der Waals surface area (Å²) in [5, 5.41) is 0. The van der Waals surface area contributed by atoms with Crippen LogP contribution < -0.4 is 0 Å². The van der Waals surface area contributed by atoms with Crippen molar-refractivity contribution in [2.75, 3.05) is 7.11 Å². The van der Waals surface area contributed by atoms with Crippen LogP contribution in [0.3, 0.4) is 0 Å². The first-order chi connectivity index (χ1) is 12.1. The van der Waals surface area contributed by atoms with Crippen LogP contribution in [0.4, 0.5) is 0 Å². The second-order valence-electron chi connectivity index (χ2n) is 6.10. The topological polar surface area (TPSA) is 35.5 Å². The number of hydrogen-bond acceptors (Lipinski definition) is 3. The Hall–Kier alpha value is -2.65. The number of carbonyl (C=O) groups excluding carboxylic acids is 1. The van der Waals surface area contributed by atoms with Crippen LogP contribution in [-0.4, -0.2) is 13.1 Å². The van der Waals surface area contributed by atoms with Crippen molar-refractivity contribution in [1.29, 1.82) is 0 Å². The molecule has 25 heavy (non-hydrogen) atoms. The lowest BCUT2D eigenvalue weighted by molar-refractivity contribution is -0.144. The van der Waals surface area contributed by atoms with Crippen molar-refractivity contribution in [3.05, 3.63) is 95.6 Å². The molecule has 3 rings (SSSR count). The molecule has 2 aromatic carbocycles. The highest BCUT2D eigenvalue weighted by molar-refractivity contribution is 5.67. The number of rotatable bonds is 5. The van der Waals surface area contributed by atoms with Gasteiger partial charge < -0.3 is 9.47 Å². The van der Waals surface area contributed by atoms with E-state index in [9.17, 15) is 4.79 Å². The van der Waals surface area contributed by atoms with E-state index >= 15 is 0 Å². The summed E-state index contributed by atoms with van der Waals surface area (Å²) >= 11 is 0. The Morgan fingerprint density at radius 2 is 1.68 bits per heavy atom. The van der Waals surface area contributed by atoms with Crippen molar-refractivity contribution >= 4 is 5.97 Å². The van der Waals surface area contributed by atoms with Crippen molar-refractivity contribution in [3.8, 4) is 0 Å². The second kappa shape index (κ2) is 7.49. The molecule has 0 N–H and O–H groups in total. The van der Waals surface area contributed by atoms with E-state index in [4.69, 9.17) is 9.47 Å². The molecule has 128 valence electrons. The third kappa shape index (κ3) is 3.72. The van der Waals surface area contributed by atoms with E-state index in [1.807, 2.05) is 54.6 Å². The van der Waals surface area contributed by atoms with E-state index < -0.39 is 11.7 Å². The normalized spacial score (nSPS) is 20.6. The van der Waals surface area contributed by atoms with Crippen LogP contribution in [0, 0.1) is 0 Å². The van der Waals surface area contributed by atoms with Gasteiger partial charge in [0, 0.05) is 20.5 Å². The quantitative estimate of drug-likeness (QED) is 0.742.